The summed E-state index contributed by atoms with van der Waals surface area (Å²) >= 11 is 6.32. The average Bonchev–Trinajstić information content (AvgIpc) is 3.50. The zero-order valence-electron chi connectivity index (χ0n) is 25.9. The minimum Gasteiger partial charge on any atom is -0.487 e. The predicted molar refractivity (Wildman–Crippen MR) is 175 cm³/mol. The van der Waals surface area contributed by atoms with Gasteiger partial charge in [0.1, 0.15) is 12.4 Å². The van der Waals surface area contributed by atoms with Gasteiger partial charge in [-0.15, -0.1) is 0 Å². The minimum absolute atomic E-state index is 0.108. The van der Waals surface area contributed by atoms with Crippen molar-refractivity contribution in [2.24, 2.45) is 11.8 Å². The van der Waals surface area contributed by atoms with E-state index in [4.69, 9.17) is 21.1 Å². The van der Waals surface area contributed by atoms with Gasteiger partial charge in [-0.05, 0) is 112 Å². The van der Waals surface area contributed by atoms with Crippen molar-refractivity contribution in [1.29, 1.82) is 0 Å². The topological polar surface area (TPSA) is 108 Å². The number of nitrogens with zero attached hydrogens (tertiary/aromatic N) is 2. The molecule has 2 aromatic rings. The highest BCUT2D eigenvalue weighted by atomic mass is 35.5. The van der Waals surface area contributed by atoms with Crippen LogP contribution in [0.2, 0.25) is 5.02 Å². The van der Waals surface area contributed by atoms with Crippen LogP contribution in [0.1, 0.15) is 73.4 Å². The molecular weight excluding hydrogens is 614 g/mol. The quantitative estimate of drug-likeness (QED) is 0.425. The van der Waals surface area contributed by atoms with E-state index in [1.165, 1.54) is 9.87 Å². The van der Waals surface area contributed by atoms with Crippen LogP contribution >= 0.6 is 11.6 Å². The molecule has 3 aliphatic heterocycles. The maximum absolute atomic E-state index is 13.7. The number of carbonyl (C=O) groups is 1. The van der Waals surface area contributed by atoms with Gasteiger partial charge < -0.3 is 19.5 Å². The van der Waals surface area contributed by atoms with Gasteiger partial charge in [-0.2, -0.15) is 12.7 Å². The number of benzene rings is 2. The third-order valence-electron chi connectivity index (χ3n) is 9.85. The van der Waals surface area contributed by atoms with Crippen molar-refractivity contribution in [3.8, 4) is 5.75 Å². The van der Waals surface area contributed by atoms with Gasteiger partial charge in [0.15, 0.2) is 0 Å². The Morgan fingerprint density at radius 1 is 1.07 bits per heavy atom. The summed E-state index contributed by atoms with van der Waals surface area (Å²) in [5.74, 6) is 0.328. The molecule has 3 heterocycles. The SMILES string of the molecule is C[C@H]1C/C=C\[C@H](O)[C@@H]2CC[C@H]2CN2CCCCc3cc(Cl)ccc3COc3ccc(cc32)C(=O)NS(=O)(=O)N1C[C@@H]1CCCO1. The highest BCUT2D eigenvalue weighted by molar-refractivity contribution is 7.87. The molecule has 9 nitrogen and oxygen atoms in total. The molecule has 5 atom stereocenters. The van der Waals surface area contributed by atoms with Crippen LogP contribution in [0.5, 0.6) is 5.75 Å². The van der Waals surface area contributed by atoms with Gasteiger partial charge in [0.25, 0.3) is 5.91 Å². The van der Waals surface area contributed by atoms with Gasteiger partial charge >= 0.3 is 10.2 Å². The van der Waals surface area contributed by atoms with E-state index in [-0.39, 0.29) is 30.0 Å². The molecule has 1 saturated heterocycles. The lowest BCUT2D eigenvalue weighted by Gasteiger charge is -2.42. The number of amides is 1. The van der Waals surface area contributed by atoms with Crippen molar-refractivity contribution in [3.05, 3.63) is 70.3 Å². The molecule has 1 aliphatic carbocycles. The summed E-state index contributed by atoms with van der Waals surface area (Å²) in [6, 6.07) is 10.6. The van der Waals surface area contributed by atoms with Crippen molar-refractivity contribution in [2.75, 3.05) is 31.1 Å². The Bertz CT molecular complexity index is 1510. The Morgan fingerprint density at radius 2 is 1.93 bits per heavy atom. The van der Waals surface area contributed by atoms with Crippen LogP contribution in [-0.4, -0.2) is 68.2 Å². The van der Waals surface area contributed by atoms with Gasteiger partial charge in [0.05, 0.1) is 17.9 Å². The monoisotopic (exact) mass is 657 g/mol. The van der Waals surface area contributed by atoms with Crippen molar-refractivity contribution in [2.45, 2.75) is 83.1 Å². The van der Waals surface area contributed by atoms with Crippen LogP contribution in [0, 0.1) is 11.8 Å². The molecule has 2 fully saturated rings. The molecule has 2 aromatic carbocycles. The Kier molecular flexibility index (Phi) is 10.1. The van der Waals surface area contributed by atoms with E-state index in [9.17, 15) is 18.3 Å². The fourth-order valence-electron chi connectivity index (χ4n) is 7.05. The molecule has 2 N–H and O–H groups in total. The molecule has 1 amide bonds. The Labute approximate surface area is 271 Å². The highest BCUT2D eigenvalue weighted by Crippen LogP contribution is 2.41. The Balaban J connectivity index is 1.36. The van der Waals surface area contributed by atoms with E-state index in [0.717, 1.165) is 62.7 Å². The first-order chi connectivity index (χ1) is 21.7. The fourth-order valence-corrected chi connectivity index (χ4v) is 8.63. The van der Waals surface area contributed by atoms with Gasteiger partial charge in [0.2, 0.25) is 0 Å². The second kappa shape index (κ2) is 14.0. The van der Waals surface area contributed by atoms with E-state index < -0.39 is 28.3 Å². The summed E-state index contributed by atoms with van der Waals surface area (Å²) in [6.45, 7) is 4.37. The lowest BCUT2D eigenvalue weighted by atomic mass is 9.70. The molecule has 0 spiro atoms. The number of ether oxygens (including phenoxy) is 2. The summed E-state index contributed by atoms with van der Waals surface area (Å²) in [6.07, 6.45) is 9.59. The van der Waals surface area contributed by atoms with E-state index in [1.54, 1.807) is 18.2 Å². The number of hydrogen-bond acceptors (Lipinski definition) is 7. The third-order valence-corrected chi connectivity index (χ3v) is 11.7. The summed E-state index contributed by atoms with van der Waals surface area (Å²) < 4.78 is 43.4. The van der Waals surface area contributed by atoms with Crippen LogP contribution in [-0.2, 0) is 28.0 Å². The number of aryl methyl sites for hydroxylation is 1. The molecule has 1 saturated carbocycles. The molecule has 0 radical (unpaired) electrons. The first kappa shape index (κ1) is 32.3. The van der Waals surface area contributed by atoms with Crippen molar-refractivity contribution in [1.82, 2.24) is 9.03 Å². The van der Waals surface area contributed by atoms with E-state index >= 15 is 0 Å². The number of rotatable bonds is 2. The second-order valence-electron chi connectivity index (χ2n) is 12.9. The van der Waals surface area contributed by atoms with Crippen LogP contribution in [0.25, 0.3) is 0 Å². The number of aliphatic hydroxyl groups excluding tert-OH is 1. The lowest BCUT2D eigenvalue weighted by molar-refractivity contribution is 0.0460. The van der Waals surface area contributed by atoms with Crippen LogP contribution < -0.4 is 14.4 Å². The number of nitrogens with one attached hydrogen (secondary N) is 1. The molecule has 0 aromatic heterocycles. The normalized spacial score (nSPS) is 30.1. The maximum atomic E-state index is 13.7. The molecule has 0 unspecified atom stereocenters. The van der Waals surface area contributed by atoms with Gasteiger partial charge in [-0.3, -0.25) is 4.79 Å². The lowest BCUT2D eigenvalue weighted by Crippen LogP contribution is -2.50. The molecule has 244 valence electrons. The van der Waals surface area contributed by atoms with Crippen molar-refractivity contribution >= 4 is 33.4 Å². The Morgan fingerprint density at radius 3 is 2.71 bits per heavy atom. The maximum Gasteiger partial charge on any atom is 0.304 e. The molecule has 4 aliphatic rings. The largest absolute Gasteiger partial charge is 0.487 e. The number of halogens is 1. The summed E-state index contributed by atoms with van der Waals surface area (Å²) in [7, 11) is -4.21. The Hall–Kier alpha value is -2.63. The zero-order valence-corrected chi connectivity index (χ0v) is 27.4. The first-order valence-corrected chi connectivity index (χ1v) is 18.1. The van der Waals surface area contributed by atoms with Gasteiger partial charge in [-0.25, -0.2) is 4.72 Å². The van der Waals surface area contributed by atoms with Gasteiger partial charge in [-0.1, -0.05) is 29.8 Å². The fraction of sp³-hybridized carbons (Fsp3) is 0.559. The standard InChI is InChI=1S/C34H44ClN3O6S/c1-23-6-4-9-32(39)30-14-11-26(30)20-37-16-3-2-7-24-18-28(35)13-10-27(24)22-44-33-15-12-25(19-31(33)37)34(40)36-45(41,42)38(23)21-29-8-5-17-43-29/h4,9-10,12-13,15,18-19,23,26,29-30,32,39H,2-3,5-8,11,14,16-17,20-22H2,1H3,(H,36,40)/b9-4-/t23-,26-,29-,30+,32-/m0/s1. The molecule has 45 heavy (non-hydrogen) atoms. The third kappa shape index (κ3) is 7.52. The number of fused-ring (bicyclic) bond motifs is 3. The molecule has 6 rings (SSSR count). The van der Waals surface area contributed by atoms with Crippen molar-refractivity contribution in [3.63, 3.8) is 0 Å². The molecule has 2 bridgehead atoms. The average molecular weight is 658 g/mol. The summed E-state index contributed by atoms with van der Waals surface area (Å²) in [5, 5.41) is 11.9. The summed E-state index contributed by atoms with van der Waals surface area (Å²) in [5.41, 5.74) is 3.23. The number of anilines is 1. The number of aliphatic hydroxyl groups is 1. The zero-order chi connectivity index (χ0) is 31.6. The van der Waals surface area contributed by atoms with E-state index in [2.05, 4.69) is 9.62 Å². The molecule has 11 heteroatoms. The second-order valence-corrected chi connectivity index (χ2v) is 15.0. The van der Waals surface area contributed by atoms with Gasteiger partial charge in [0, 0.05) is 42.9 Å². The molecular formula is C34H44ClN3O6S. The first-order valence-electron chi connectivity index (χ1n) is 16.3. The smallest absolute Gasteiger partial charge is 0.304 e. The van der Waals surface area contributed by atoms with E-state index in [1.807, 2.05) is 37.3 Å². The predicted octanol–water partition coefficient (Wildman–Crippen LogP) is 5.25. The number of carbonyl (C=O) groups excluding carboxylic acids is 1. The van der Waals surface area contributed by atoms with Crippen molar-refractivity contribution < 1.29 is 27.8 Å². The summed E-state index contributed by atoms with van der Waals surface area (Å²) in [4.78, 5) is 15.9. The van der Waals surface area contributed by atoms with Crippen LogP contribution in [0.4, 0.5) is 5.69 Å². The number of hydrogen-bond donors (Lipinski definition) is 2. The van der Waals surface area contributed by atoms with Crippen LogP contribution in [0.15, 0.2) is 48.6 Å². The van der Waals surface area contributed by atoms with Crippen LogP contribution in [0.3, 0.4) is 0 Å². The highest BCUT2D eigenvalue weighted by Gasteiger charge is 2.38. The van der Waals surface area contributed by atoms with E-state index in [0.29, 0.717) is 37.0 Å². The minimum atomic E-state index is -4.21.